The molecule has 0 saturated carbocycles. The number of hydrogen-bond acceptors (Lipinski definition) is 6. The van der Waals surface area contributed by atoms with Crippen LogP contribution in [0.3, 0.4) is 0 Å². The summed E-state index contributed by atoms with van der Waals surface area (Å²) in [6, 6.07) is 12.6. The highest BCUT2D eigenvalue weighted by Gasteiger charge is 2.24. The first-order valence-electron chi connectivity index (χ1n) is 9.55. The predicted octanol–water partition coefficient (Wildman–Crippen LogP) is 3.05. The van der Waals surface area contributed by atoms with Crippen LogP contribution in [0.15, 0.2) is 42.6 Å². The molecule has 0 aliphatic carbocycles. The van der Waals surface area contributed by atoms with Gasteiger partial charge in [-0.1, -0.05) is 0 Å². The standard InChI is InChI=1S/C21H23N5O3/c1-2-29-21(28)26-11-9-18(10-12-26)25-20(27)16-5-8-19(23-14-16)24-17-6-3-15(13-22)4-7-17/h3-8,14,18H,2,9-12H2,1H3,(H,23,24)(H,25,27). The second kappa shape index (κ2) is 9.55. The lowest BCUT2D eigenvalue weighted by Crippen LogP contribution is -2.46. The average Bonchev–Trinajstić information content (AvgIpc) is 2.75. The number of piperidine rings is 1. The highest BCUT2D eigenvalue weighted by molar-refractivity contribution is 5.94. The molecule has 1 aromatic heterocycles. The van der Waals surface area contributed by atoms with E-state index in [2.05, 4.69) is 21.7 Å². The van der Waals surface area contributed by atoms with Crippen molar-refractivity contribution in [3.8, 4) is 6.07 Å². The molecule has 1 saturated heterocycles. The van der Waals surface area contributed by atoms with E-state index in [1.54, 1.807) is 48.2 Å². The molecule has 1 aliphatic heterocycles. The van der Waals surface area contributed by atoms with Gasteiger partial charge in [-0.3, -0.25) is 4.79 Å². The van der Waals surface area contributed by atoms with Crippen molar-refractivity contribution in [2.45, 2.75) is 25.8 Å². The summed E-state index contributed by atoms with van der Waals surface area (Å²) in [7, 11) is 0. The third kappa shape index (κ3) is 5.45. The number of aromatic nitrogens is 1. The maximum absolute atomic E-state index is 12.5. The minimum absolute atomic E-state index is 0.0182. The Morgan fingerprint density at radius 1 is 1.21 bits per heavy atom. The van der Waals surface area contributed by atoms with E-state index in [-0.39, 0.29) is 18.0 Å². The molecule has 0 bridgehead atoms. The van der Waals surface area contributed by atoms with E-state index in [1.165, 1.54) is 6.20 Å². The molecule has 2 aromatic rings. The van der Waals surface area contributed by atoms with Gasteiger partial charge in [-0.25, -0.2) is 9.78 Å². The van der Waals surface area contributed by atoms with Crippen molar-refractivity contribution >= 4 is 23.5 Å². The quantitative estimate of drug-likeness (QED) is 0.808. The number of rotatable bonds is 5. The average molecular weight is 393 g/mol. The topological polar surface area (TPSA) is 107 Å². The molecule has 3 rings (SSSR count). The van der Waals surface area contributed by atoms with Crippen LogP contribution in [0.25, 0.3) is 0 Å². The molecule has 0 spiro atoms. The van der Waals surface area contributed by atoms with Crippen molar-refractivity contribution in [1.29, 1.82) is 5.26 Å². The summed E-state index contributed by atoms with van der Waals surface area (Å²) >= 11 is 0. The van der Waals surface area contributed by atoms with Gasteiger partial charge in [0.25, 0.3) is 5.91 Å². The van der Waals surface area contributed by atoms with Gasteiger partial charge in [0, 0.05) is 31.0 Å². The van der Waals surface area contributed by atoms with E-state index in [0.717, 1.165) is 5.69 Å². The van der Waals surface area contributed by atoms with E-state index >= 15 is 0 Å². The Balaban J connectivity index is 1.50. The second-order valence-electron chi connectivity index (χ2n) is 6.68. The number of benzene rings is 1. The van der Waals surface area contributed by atoms with Crippen LogP contribution < -0.4 is 10.6 Å². The molecule has 150 valence electrons. The Labute approximate surface area is 169 Å². The molecular weight excluding hydrogens is 370 g/mol. The maximum Gasteiger partial charge on any atom is 0.409 e. The summed E-state index contributed by atoms with van der Waals surface area (Å²) in [6.07, 6.45) is 2.61. The van der Waals surface area contributed by atoms with Crippen LogP contribution in [0.5, 0.6) is 0 Å². The fourth-order valence-electron chi connectivity index (χ4n) is 3.07. The van der Waals surface area contributed by atoms with Gasteiger partial charge < -0.3 is 20.3 Å². The van der Waals surface area contributed by atoms with Crippen molar-refractivity contribution in [2.75, 3.05) is 25.0 Å². The zero-order valence-corrected chi connectivity index (χ0v) is 16.2. The van der Waals surface area contributed by atoms with Crippen LogP contribution in [-0.2, 0) is 4.74 Å². The van der Waals surface area contributed by atoms with Crippen molar-refractivity contribution < 1.29 is 14.3 Å². The van der Waals surface area contributed by atoms with Gasteiger partial charge in [0.2, 0.25) is 0 Å². The highest BCUT2D eigenvalue weighted by atomic mass is 16.6. The van der Waals surface area contributed by atoms with Crippen molar-refractivity contribution in [3.63, 3.8) is 0 Å². The van der Waals surface area contributed by atoms with Crippen LogP contribution in [-0.4, -0.2) is 47.6 Å². The van der Waals surface area contributed by atoms with E-state index in [1.807, 2.05) is 0 Å². The van der Waals surface area contributed by atoms with E-state index in [9.17, 15) is 9.59 Å². The molecule has 1 fully saturated rings. The lowest BCUT2D eigenvalue weighted by atomic mass is 10.0. The van der Waals surface area contributed by atoms with Gasteiger partial charge in [0.05, 0.1) is 23.8 Å². The number of carbonyl (C=O) groups is 2. The minimum Gasteiger partial charge on any atom is -0.450 e. The summed E-state index contributed by atoms with van der Waals surface area (Å²) in [5.74, 6) is 0.422. The second-order valence-corrected chi connectivity index (χ2v) is 6.68. The summed E-state index contributed by atoms with van der Waals surface area (Å²) in [5.41, 5.74) is 1.87. The smallest absolute Gasteiger partial charge is 0.409 e. The number of pyridine rings is 1. The fourth-order valence-corrected chi connectivity index (χ4v) is 3.07. The third-order valence-electron chi connectivity index (χ3n) is 4.67. The van der Waals surface area contributed by atoms with E-state index < -0.39 is 0 Å². The number of anilines is 2. The van der Waals surface area contributed by atoms with Crippen LogP contribution in [0, 0.1) is 11.3 Å². The number of nitrogens with one attached hydrogen (secondary N) is 2. The number of ether oxygens (including phenoxy) is 1. The van der Waals surface area contributed by atoms with Gasteiger partial charge >= 0.3 is 6.09 Å². The van der Waals surface area contributed by atoms with Crippen molar-refractivity contribution in [3.05, 3.63) is 53.7 Å². The third-order valence-corrected chi connectivity index (χ3v) is 4.67. The monoisotopic (exact) mass is 393 g/mol. The largest absolute Gasteiger partial charge is 0.450 e. The first kappa shape index (κ1) is 20.1. The van der Waals surface area contributed by atoms with Crippen molar-refractivity contribution in [1.82, 2.24) is 15.2 Å². The molecule has 1 aromatic carbocycles. The Kier molecular flexibility index (Phi) is 6.63. The van der Waals surface area contributed by atoms with Gasteiger partial charge in [0.1, 0.15) is 5.82 Å². The van der Waals surface area contributed by atoms with Crippen LogP contribution in [0.1, 0.15) is 35.7 Å². The number of nitrogens with zero attached hydrogens (tertiary/aromatic N) is 3. The normalized spacial score (nSPS) is 14.0. The molecule has 1 aliphatic rings. The molecule has 8 nitrogen and oxygen atoms in total. The van der Waals surface area contributed by atoms with Gasteiger partial charge in [-0.05, 0) is 56.2 Å². The predicted molar refractivity (Wildman–Crippen MR) is 108 cm³/mol. The molecule has 8 heteroatoms. The molecule has 0 unspecified atom stereocenters. The van der Waals surface area contributed by atoms with Crippen LogP contribution >= 0.6 is 0 Å². The molecule has 2 heterocycles. The summed E-state index contributed by atoms with van der Waals surface area (Å²) < 4.78 is 5.00. The molecule has 2 amide bonds. The Hall–Kier alpha value is -3.60. The number of hydrogen-bond donors (Lipinski definition) is 2. The number of amides is 2. The lowest BCUT2D eigenvalue weighted by molar-refractivity contribution is 0.0860. The van der Waals surface area contributed by atoms with E-state index in [4.69, 9.17) is 10.00 Å². The lowest BCUT2D eigenvalue weighted by Gasteiger charge is -2.31. The Morgan fingerprint density at radius 2 is 1.93 bits per heavy atom. The van der Waals surface area contributed by atoms with Crippen LogP contribution in [0.2, 0.25) is 0 Å². The SMILES string of the molecule is CCOC(=O)N1CCC(NC(=O)c2ccc(Nc3ccc(C#N)cc3)nc2)CC1. The molecular formula is C21H23N5O3. The first-order valence-corrected chi connectivity index (χ1v) is 9.55. The number of nitriles is 1. The molecule has 2 N–H and O–H groups in total. The van der Waals surface area contributed by atoms with Crippen molar-refractivity contribution in [2.24, 2.45) is 0 Å². The van der Waals surface area contributed by atoms with Gasteiger partial charge in [-0.2, -0.15) is 5.26 Å². The van der Waals surface area contributed by atoms with E-state index in [0.29, 0.717) is 49.5 Å². The summed E-state index contributed by atoms with van der Waals surface area (Å²) in [6.45, 7) is 3.27. The molecule has 0 atom stereocenters. The van der Waals surface area contributed by atoms with Crippen LogP contribution in [0.4, 0.5) is 16.3 Å². The van der Waals surface area contributed by atoms with Gasteiger partial charge in [0.15, 0.2) is 0 Å². The number of carbonyl (C=O) groups excluding carboxylic acids is 2. The summed E-state index contributed by atoms with van der Waals surface area (Å²) in [4.78, 5) is 30.1. The zero-order valence-electron chi connectivity index (χ0n) is 16.2. The minimum atomic E-state index is -0.299. The summed E-state index contributed by atoms with van der Waals surface area (Å²) in [5, 5.41) is 15.0. The zero-order chi connectivity index (χ0) is 20.6. The fraction of sp³-hybridized carbons (Fsp3) is 0.333. The highest BCUT2D eigenvalue weighted by Crippen LogP contribution is 2.16. The first-order chi connectivity index (χ1) is 14.1. The Bertz CT molecular complexity index is 882. The maximum atomic E-state index is 12.5. The Morgan fingerprint density at radius 3 is 2.52 bits per heavy atom. The number of likely N-dealkylation sites (tertiary alicyclic amines) is 1. The molecule has 29 heavy (non-hydrogen) atoms. The van der Waals surface area contributed by atoms with Gasteiger partial charge in [-0.15, -0.1) is 0 Å². The molecule has 0 radical (unpaired) electrons.